The number of hydrogen-bond donors (Lipinski definition) is 1. The minimum Gasteiger partial charge on any atom is -0.454 e. The number of hydrogen-bond acceptors (Lipinski definition) is 4. The zero-order valence-corrected chi connectivity index (χ0v) is 13.7. The Morgan fingerprint density at radius 1 is 1.16 bits per heavy atom. The number of aromatic amines is 1. The van der Waals surface area contributed by atoms with Crippen molar-refractivity contribution < 1.29 is 9.47 Å². The minimum atomic E-state index is 0.269. The van der Waals surface area contributed by atoms with Crippen LogP contribution in [0.3, 0.4) is 0 Å². The van der Waals surface area contributed by atoms with E-state index in [-0.39, 0.29) is 6.79 Å². The van der Waals surface area contributed by atoms with Gasteiger partial charge in [-0.15, -0.1) is 5.10 Å². The van der Waals surface area contributed by atoms with Gasteiger partial charge in [0.1, 0.15) is 5.69 Å². The Balaban J connectivity index is 1.49. The molecule has 0 spiro atoms. The van der Waals surface area contributed by atoms with E-state index in [0.29, 0.717) is 6.54 Å². The third kappa shape index (κ3) is 2.34. The van der Waals surface area contributed by atoms with Gasteiger partial charge in [0.2, 0.25) is 6.79 Å². The number of aromatic nitrogens is 4. The molecule has 1 N–H and O–H groups in total. The second-order valence-corrected chi connectivity index (χ2v) is 6.18. The summed E-state index contributed by atoms with van der Waals surface area (Å²) in [5, 5.41) is 9.85. The topological polar surface area (TPSA) is 65.0 Å². The van der Waals surface area contributed by atoms with Crippen LogP contribution in [0.15, 0.2) is 48.8 Å². The van der Waals surface area contributed by atoms with E-state index in [9.17, 15) is 0 Å². The average Bonchev–Trinajstić information content (AvgIpc) is 3.34. The first-order valence-corrected chi connectivity index (χ1v) is 8.14. The van der Waals surface area contributed by atoms with Crippen LogP contribution in [0.25, 0.3) is 22.2 Å². The summed E-state index contributed by atoms with van der Waals surface area (Å²) >= 11 is 0. The third-order valence-electron chi connectivity index (χ3n) is 4.55. The monoisotopic (exact) mass is 332 g/mol. The molecule has 1 aliphatic rings. The highest BCUT2D eigenvalue weighted by atomic mass is 16.7. The number of H-pyrrole nitrogens is 1. The first-order chi connectivity index (χ1) is 12.3. The second kappa shape index (κ2) is 5.37. The molecule has 124 valence electrons. The number of benzene rings is 2. The van der Waals surface area contributed by atoms with Crippen LogP contribution >= 0.6 is 0 Å². The van der Waals surface area contributed by atoms with E-state index < -0.39 is 0 Å². The molecule has 0 radical (unpaired) electrons. The summed E-state index contributed by atoms with van der Waals surface area (Å²) in [7, 11) is 0. The molecular weight excluding hydrogens is 316 g/mol. The summed E-state index contributed by atoms with van der Waals surface area (Å²) in [4.78, 5) is 3.24. The summed E-state index contributed by atoms with van der Waals surface area (Å²) in [6, 6.07) is 12.3. The standard InChI is InChI=1S/C19H16N4O2/c1-12-7-18-19(25-11-24-18)8-15(12)17-10-23(22-21-17)9-13-3-2-4-16-14(13)5-6-20-16/h2-8,10,20H,9,11H2,1H3. The number of rotatable bonds is 3. The van der Waals surface area contributed by atoms with Crippen LogP contribution < -0.4 is 9.47 Å². The quantitative estimate of drug-likeness (QED) is 0.623. The minimum absolute atomic E-state index is 0.269. The lowest BCUT2D eigenvalue weighted by Gasteiger charge is -2.04. The number of fused-ring (bicyclic) bond motifs is 2. The Kier molecular flexibility index (Phi) is 3.03. The predicted molar refractivity (Wildman–Crippen MR) is 93.7 cm³/mol. The maximum Gasteiger partial charge on any atom is 0.231 e. The molecule has 0 aliphatic carbocycles. The van der Waals surface area contributed by atoms with E-state index in [1.807, 2.05) is 42.2 Å². The smallest absolute Gasteiger partial charge is 0.231 e. The molecule has 0 atom stereocenters. The fourth-order valence-electron chi connectivity index (χ4n) is 3.28. The van der Waals surface area contributed by atoms with E-state index >= 15 is 0 Å². The highest BCUT2D eigenvalue weighted by molar-refractivity contribution is 5.82. The van der Waals surface area contributed by atoms with Crippen molar-refractivity contribution >= 4 is 10.9 Å². The molecule has 0 fully saturated rings. The molecule has 5 rings (SSSR count). The van der Waals surface area contributed by atoms with Crippen LogP contribution in [0.4, 0.5) is 0 Å². The maximum atomic E-state index is 5.48. The largest absolute Gasteiger partial charge is 0.454 e. The maximum absolute atomic E-state index is 5.48. The fraction of sp³-hybridized carbons (Fsp3) is 0.158. The van der Waals surface area contributed by atoms with Gasteiger partial charge in [-0.2, -0.15) is 0 Å². The Labute approximate surface area is 144 Å². The zero-order valence-electron chi connectivity index (χ0n) is 13.7. The lowest BCUT2D eigenvalue weighted by atomic mass is 10.1. The molecule has 2 aromatic carbocycles. The SMILES string of the molecule is Cc1cc2c(cc1-c1cn(Cc3cccc4[nH]ccc34)nn1)OCO2. The molecular formula is C19H16N4O2. The van der Waals surface area contributed by atoms with E-state index in [4.69, 9.17) is 9.47 Å². The van der Waals surface area contributed by atoms with Gasteiger partial charge in [-0.3, -0.25) is 0 Å². The fourth-order valence-corrected chi connectivity index (χ4v) is 3.28. The van der Waals surface area contributed by atoms with Crippen molar-refractivity contribution in [2.24, 2.45) is 0 Å². The molecule has 0 unspecified atom stereocenters. The molecule has 0 bridgehead atoms. The van der Waals surface area contributed by atoms with Gasteiger partial charge in [0.05, 0.1) is 12.7 Å². The van der Waals surface area contributed by atoms with Gasteiger partial charge in [0.25, 0.3) is 0 Å². The van der Waals surface area contributed by atoms with E-state index in [1.54, 1.807) is 0 Å². The number of nitrogens with zero attached hydrogens (tertiary/aromatic N) is 3. The van der Waals surface area contributed by atoms with Crippen LogP contribution in [0.5, 0.6) is 11.5 Å². The summed E-state index contributed by atoms with van der Waals surface area (Å²) < 4.78 is 12.8. The molecule has 1 aliphatic heterocycles. The van der Waals surface area contributed by atoms with Crippen molar-refractivity contribution in [2.75, 3.05) is 6.79 Å². The highest BCUT2D eigenvalue weighted by Gasteiger charge is 2.18. The molecule has 6 heteroatoms. The second-order valence-electron chi connectivity index (χ2n) is 6.18. The van der Waals surface area contributed by atoms with Crippen molar-refractivity contribution in [1.82, 2.24) is 20.0 Å². The highest BCUT2D eigenvalue weighted by Crippen LogP contribution is 2.37. The van der Waals surface area contributed by atoms with Crippen LogP contribution in [-0.4, -0.2) is 26.8 Å². The number of nitrogens with one attached hydrogen (secondary N) is 1. The van der Waals surface area contributed by atoms with Gasteiger partial charge in [-0.1, -0.05) is 17.3 Å². The van der Waals surface area contributed by atoms with Gasteiger partial charge in [-0.25, -0.2) is 4.68 Å². The Morgan fingerprint density at radius 3 is 2.96 bits per heavy atom. The average molecular weight is 332 g/mol. The van der Waals surface area contributed by atoms with E-state index in [0.717, 1.165) is 33.8 Å². The van der Waals surface area contributed by atoms with Crippen LogP contribution in [0.2, 0.25) is 0 Å². The van der Waals surface area contributed by atoms with Crippen molar-refractivity contribution in [1.29, 1.82) is 0 Å². The van der Waals surface area contributed by atoms with Crippen LogP contribution in [-0.2, 0) is 6.54 Å². The Bertz CT molecular complexity index is 1080. The molecule has 6 nitrogen and oxygen atoms in total. The molecule has 25 heavy (non-hydrogen) atoms. The van der Waals surface area contributed by atoms with Gasteiger partial charge in [0.15, 0.2) is 11.5 Å². The lowest BCUT2D eigenvalue weighted by molar-refractivity contribution is 0.174. The molecule has 2 aromatic heterocycles. The molecule has 3 heterocycles. The van der Waals surface area contributed by atoms with E-state index in [1.165, 1.54) is 10.9 Å². The Morgan fingerprint density at radius 2 is 2.04 bits per heavy atom. The van der Waals surface area contributed by atoms with Gasteiger partial charge >= 0.3 is 0 Å². The summed E-state index contributed by atoms with van der Waals surface area (Å²) in [6.45, 7) is 2.98. The molecule has 0 saturated heterocycles. The first-order valence-electron chi connectivity index (χ1n) is 8.14. The van der Waals surface area contributed by atoms with Crippen molar-refractivity contribution in [3.63, 3.8) is 0 Å². The summed E-state index contributed by atoms with van der Waals surface area (Å²) in [6.07, 6.45) is 3.92. The van der Waals surface area contributed by atoms with Gasteiger partial charge in [0, 0.05) is 22.7 Å². The van der Waals surface area contributed by atoms with Crippen LogP contribution in [0.1, 0.15) is 11.1 Å². The van der Waals surface area contributed by atoms with Gasteiger partial charge < -0.3 is 14.5 Å². The number of aryl methyl sites for hydroxylation is 1. The summed E-state index contributed by atoms with van der Waals surface area (Å²) in [5.41, 5.74) is 5.26. The zero-order chi connectivity index (χ0) is 16.8. The molecule has 0 amide bonds. The van der Waals surface area contributed by atoms with Crippen LogP contribution in [0, 0.1) is 6.92 Å². The normalized spacial score (nSPS) is 12.8. The van der Waals surface area contributed by atoms with Crippen molar-refractivity contribution in [3.05, 3.63) is 59.9 Å². The molecule has 0 saturated carbocycles. The number of ether oxygens (including phenoxy) is 2. The lowest BCUT2D eigenvalue weighted by Crippen LogP contribution is -2.00. The summed E-state index contributed by atoms with van der Waals surface area (Å²) in [5.74, 6) is 1.54. The molecule has 4 aromatic rings. The predicted octanol–water partition coefficient (Wildman–Crippen LogP) is 3.51. The Hall–Kier alpha value is -3.28. The third-order valence-corrected chi connectivity index (χ3v) is 4.55. The van der Waals surface area contributed by atoms with E-state index in [2.05, 4.69) is 33.5 Å². The van der Waals surface area contributed by atoms with Crippen molar-refractivity contribution in [2.45, 2.75) is 13.5 Å². The van der Waals surface area contributed by atoms with Gasteiger partial charge in [-0.05, 0) is 42.3 Å². The first kappa shape index (κ1) is 14.1. The van der Waals surface area contributed by atoms with Crippen molar-refractivity contribution in [3.8, 4) is 22.8 Å².